The molecule has 0 spiro atoms. The topological polar surface area (TPSA) is 94.2 Å². The van der Waals surface area contributed by atoms with E-state index in [-0.39, 0.29) is 18.0 Å². The van der Waals surface area contributed by atoms with Gasteiger partial charge in [0.1, 0.15) is 18.9 Å². The molecule has 0 saturated heterocycles. The number of hydrogen-bond donors (Lipinski definition) is 1. The number of rotatable bonds is 12. The van der Waals surface area contributed by atoms with E-state index in [2.05, 4.69) is 5.32 Å². The number of methoxy groups -OCH3 is 1. The minimum absolute atomic E-state index is 0.101. The molecule has 1 N–H and O–H groups in total. The standard InChI is InChI=1S/C26H30N2O6S/c1-4-33-22-13-11-21(12-14-22)28(35(30,31)23-15-9-20(2)10-16-23)19-26(29)27-17-18-34-25-8-6-5-7-24(25)32-3/h5-16H,4,17-19H2,1-3H3,(H,27,29). The maximum Gasteiger partial charge on any atom is 0.264 e. The first-order valence-electron chi connectivity index (χ1n) is 11.2. The molecule has 0 atom stereocenters. The first kappa shape index (κ1) is 25.9. The van der Waals surface area contributed by atoms with Gasteiger partial charge < -0.3 is 19.5 Å². The summed E-state index contributed by atoms with van der Waals surface area (Å²) in [4.78, 5) is 12.8. The summed E-state index contributed by atoms with van der Waals surface area (Å²) in [5, 5.41) is 2.72. The van der Waals surface area contributed by atoms with Crippen LogP contribution in [-0.2, 0) is 14.8 Å². The third-order valence-corrected chi connectivity index (χ3v) is 6.87. The highest BCUT2D eigenvalue weighted by atomic mass is 32.2. The van der Waals surface area contributed by atoms with Gasteiger partial charge in [0.2, 0.25) is 5.91 Å². The Balaban J connectivity index is 1.72. The second-order valence-corrected chi connectivity index (χ2v) is 9.46. The molecule has 0 aliphatic carbocycles. The summed E-state index contributed by atoms with van der Waals surface area (Å²) in [7, 11) is -2.44. The van der Waals surface area contributed by atoms with Crippen LogP contribution in [0, 0.1) is 6.92 Å². The quantitative estimate of drug-likeness (QED) is 0.382. The maximum atomic E-state index is 13.5. The fourth-order valence-electron chi connectivity index (χ4n) is 3.30. The average molecular weight is 499 g/mol. The first-order valence-corrected chi connectivity index (χ1v) is 12.6. The molecule has 0 aliphatic heterocycles. The summed E-state index contributed by atoms with van der Waals surface area (Å²) in [6, 6.07) is 20.3. The summed E-state index contributed by atoms with van der Waals surface area (Å²) in [6.07, 6.45) is 0. The van der Waals surface area contributed by atoms with E-state index in [1.807, 2.05) is 26.0 Å². The zero-order valence-electron chi connectivity index (χ0n) is 20.1. The van der Waals surface area contributed by atoms with Gasteiger partial charge in [0.25, 0.3) is 10.0 Å². The van der Waals surface area contributed by atoms with Gasteiger partial charge in [-0.15, -0.1) is 0 Å². The molecule has 0 aromatic heterocycles. The summed E-state index contributed by atoms with van der Waals surface area (Å²) in [6.45, 7) is 4.23. The van der Waals surface area contributed by atoms with Crippen LogP contribution in [0.3, 0.4) is 0 Å². The molecule has 0 fully saturated rings. The van der Waals surface area contributed by atoms with Crippen molar-refractivity contribution in [1.29, 1.82) is 0 Å². The monoisotopic (exact) mass is 498 g/mol. The van der Waals surface area contributed by atoms with Crippen LogP contribution in [0.1, 0.15) is 12.5 Å². The zero-order chi connectivity index (χ0) is 25.3. The van der Waals surface area contributed by atoms with Gasteiger partial charge in [-0.1, -0.05) is 29.8 Å². The van der Waals surface area contributed by atoms with Crippen molar-refractivity contribution in [3.05, 3.63) is 78.4 Å². The van der Waals surface area contributed by atoms with Crippen LogP contribution in [0.5, 0.6) is 17.2 Å². The molecule has 186 valence electrons. The Morgan fingerprint density at radius 1 is 0.914 bits per heavy atom. The van der Waals surface area contributed by atoms with Crippen molar-refractivity contribution in [2.45, 2.75) is 18.7 Å². The zero-order valence-corrected chi connectivity index (χ0v) is 20.9. The van der Waals surface area contributed by atoms with E-state index in [9.17, 15) is 13.2 Å². The summed E-state index contributed by atoms with van der Waals surface area (Å²) >= 11 is 0. The van der Waals surface area contributed by atoms with Crippen LogP contribution in [0.4, 0.5) is 5.69 Å². The third-order valence-electron chi connectivity index (χ3n) is 5.08. The molecule has 35 heavy (non-hydrogen) atoms. The van der Waals surface area contributed by atoms with Crippen molar-refractivity contribution in [3.63, 3.8) is 0 Å². The predicted octanol–water partition coefficient (Wildman–Crippen LogP) is 3.79. The largest absolute Gasteiger partial charge is 0.494 e. The van der Waals surface area contributed by atoms with Gasteiger partial charge in [0.15, 0.2) is 11.5 Å². The van der Waals surface area contributed by atoms with Crippen LogP contribution >= 0.6 is 0 Å². The number of nitrogens with one attached hydrogen (secondary N) is 1. The van der Waals surface area contributed by atoms with Gasteiger partial charge >= 0.3 is 0 Å². The molecule has 0 saturated carbocycles. The summed E-state index contributed by atoms with van der Waals surface area (Å²) in [5.41, 5.74) is 1.29. The second kappa shape index (κ2) is 12.1. The van der Waals surface area contributed by atoms with Crippen LogP contribution < -0.4 is 23.8 Å². The smallest absolute Gasteiger partial charge is 0.264 e. The van der Waals surface area contributed by atoms with E-state index in [4.69, 9.17) is 14.2 Å². The maximum absolute atomic E-state index is 13.5. The number of carbonyl (C=O) groups excluding carboxylic acids is 1. The minimum atomic E-state index is -3.99. The van der Waals surface area contributed by atoms with Crippen LogP contribution in [0.25, 0.3) is 0 Å². The first-order chi connectivity index (χ1) is 16.8. The highest BCUT2D eigenvalue weighted by Crippen LogP contribution is 2.27. The molecule has 9 heteroatoms. The van der Waals surface area contributed by atoms with Crippen LogP contribution in [0.15, 0.2) is 77.7 Å². The Bertz CT molecular complexity index is 1210. The number of para-hydroxylation sites is 2. The molecule has 3 rings (SSSR count). The second-order valence-electron chi connectivity index (χ2n) is 7.60. The Morgan fingerprint density at radius 3 is 2.20 bits per heavy atom. The number of ether oxygens (including phenoxy) is 3. The predicted molar refractivity (Wildman–Crippen MR) is 135 cm³/mol. The van der Waals surface area contributed by atoms with Gasteiger partial charge in [-0.05, 0) is 62.4 Å². The Morgan fingerprint density at radius 2 is 1.57 bits per heavy atom. The highest BCUT2D eigenvalue weighted by Gasteiger charge is 2.27. The molecule has 3 aromatic carbocycles. The summed E-state index contributed by atoms with van der Waals surface area (Å²) < 4.78 is 44.4. The average Bonchev–Trinajstić information content (AvgIpc) is 2.86. The lowest BCUT2D eigenvalue weighted by Gasteiger charge is -2.24. The van der Waals surface area contributed by atoms with Crippen molar-refractivity contribution in [3.8, 4) is 17.2 Å². The molecule has 1 amide bonds. The minimum Gasteiger partial charge on any atom is -0.494 e. The molecule has 0 unspecified atom stereocenters. The van der Waals surface area contributed by atoms with Gasteiger partial charge in [-0.2, -0.15) is 0 Å². The van der Waals surface area contributed by atoms with E-state index in [1.54, 1.807) is 55.6 Å². The van der Waals surface area contributed by atoms with Gasteiger partial charge in [0.05, 0.1) is 30.8 Å². The Hall–Kier alpha value is -3.72. The van der Waals surface area contributed by atoms with Crippen molar-refractivity contribution in [1.82, 2.24) is 5.32 Å². The highest BCUT2D eigenvalue weighted by molar-refractivity contribution is 7.92. The number of nitrogens with zero attached hydrogens (tertiary/aromatic N) is 1. The van der Waals surface area contributed by atoms with Crippen LogP contribution in [-0.4, -0.2) is 47.7 Å². The fraction of sp³-hybridized carbons (Fsp3) is 0.269. The van der Waals surface area contributed by atoms with E-state index >= 15 is 0 Å². The van der Waals surface area contributed by atoms with Crippen molar-refractivity contribution >= 4 is 21.6 Å². The van der Waals surface area contributed by atoms with Crippen molar-refractivity contribution in [2.24, 2.45) is 0 Å². The van der Waals surface area contributed by atoms with Crippen molar-refractivity contribution < 1.29 is 27.4 Å². The fourth-order valence-corrected chi connectivity index (χ4v) is 4.72. The third kappa shape index (κ3) is 6.89. The van der Waals surface area contributed by atoms with Gasteiger partial charge in [-0.3, -0.25) is 9.10 Å². The lowest BCUT2D eigenvalue weighted by molar-refractivity contribution is -0.119. The SMILES string of the molecule is CCOc1ccc(N(CC(=O)NCCOc2ccccc2OC)S(=O)(=O)c2ccc(C)cc2)cc1. The number of amides is 1. The number of benzene rings is 3. The number of hydrogen-bond acceptors (Lipinski definition) is 6. The summed E-state index contributed by atoms with van der Waals surface area (Å²) in [5.74, 6) is 1.30. The number of carbonyl (C=O) groups is 1. The van der Waals surface area contributed by atoms with Crippen molar-refractivity contribution in [2.75, 3.05) is 37.7 Å². The molecule has 0 aliphatic rings. The number of sulfonamides is 1. The number of aryl methyl sites for hydroxylation is 1. The van der Waals surface area contributed by atoms with Crippen LogP contribution in [0.2, 0.25) is 0 Å². The molecule has 0 bridgehead atoms. The molecule has 0 heterocycles. The molecule has 0 radical (unpaired) electrons. The molecule has 8 nitrogen and oxygen atoms in total. The number of anilines is 1. The Kier molecular flexibility index (Phi) is 8.97. The molecule has 3 aromatic rings. The molecular weight excluding hydrogens is 468 g/mol. The van der Waals surface area contributed by atoms with E-state index < -0.39 is 22.5 Å². The van der Waals surface area contributed by atoms with Gasteiger partial charge in [0, 0.05) is 0 Å². The van der Waals surface area contributed by atoms with E-state index in [0.29, 0.717) is 29.5 Å². The van der Waals surface area contributed by atoms with Gasteiger partial charge in [-0.25, -0.2) is 8.42 Å². The normalized spacial score (nSPS) is 10.9. The Labute approximate surface area is 206 Å². The lowest BCUT2D eigenvalue weighted by atomic mass is 10.2. The van der Waals surface area contributed by atoms with E-state index in [1.165, 1.54) is 12.1 Å². The molecular formula is C26H30N2O6S. The van der Waals surface area contributed by atoms with E-state index in [0.717, 1.165) is 9.87 Å². The lowest BCUT2D eigenvalue weighted by Crippen LogP contribution is -2.41.